The Bertz CT molecular complexity index is 378. The SMILES string of the molecule is CC(C)(C)C(=O)NCCC(=O)N1CCC12CCCCC2. The summed E-state index contributed by atoms with van der Waals surface area (Å²) in [6, 6.07) is 0. The van der Waals surface area contributed by atoms with Crippen LogP contribution in [0.3, 0.4) is 0 Å². The van der Waals surface area contributed by atoms with Gasteiger partial charge in [0.25, 0.3) is 0 Å². The molecule has 1 aliphatic heterocycles. The van der Waals surface area contributed by atoms with Crippen molar-refractivity contribution in [2.75, 3.05) is 13.1 Å². The minimum atomic E-state index is -0.385. The van der Waals surface area contributed by atoms with Crippen LogP contribution in [-0.4, -0.2) is 35.3 Å². The lowest BCUT2D eigenvalue weighted by molar-refractivity contribution is -0.150. The van der Waals surface area contributed by atoms with Crippen molar-refractivity contribution >= 4 is 11.8 Å². The van der Waals surface area contributed by atoms with Gasteiger partial charge in [0.05, 0.1) is 0 Å². The molecule has 1 N–H and O–H groups in total. The van der Waals surface area contributed by atoms with Gasteiger partial charge in [-0.1, -0.05) is 40.0 Å². The number of carbonyl (C=O) groups excluding carboxylic acids is 2. The maximum absolute atomic E-state index is 12.3. The first kappa shape index (κ1) is 15.3. The molecule has 4 nitrogen and oxygen atoms in total. The molecule has 114 valence electrons. The zero-order valence-corrected chi connectivity index (χ0v) is 13.1. The molecule has 1 heterocycles. The summed E-state index contributed by atoms with van der Waals surface area (Å²) in [7, 11) is 0. The molecule has 2 amide bonds. The molecule has 2 fully saturated rings. The lowest BCUT2D eigenvalue weighted by Crippen LogP contribution is -2.63. The van der Waals surface area contributed by atoms with Crippen LogP contribution in [0.25, 0.3) is 0 Å². The second kappa shape index (κ2) is 5.74. The second-order valence-electron chi connectivity index (χ2n) is 7.34. The molecular formula is C16H28N2O2. The van der Waals surface area contributed by atoms with Crippen molar-refractivity contribution < 1.29 is 9.59 Å². The smallest absolute Gasteiger partial charge is 0.225 e. The van der Waals surface area contributed by atoms with Crippen LogP contribution in [0.1, 0.15) is 65.7 Å². The molecule has 1 spiro atoms. The number of nitrogens with zero attached hydrogens (tertiary/aromatic N) is 1. The van der Waals surface area contributed by atoms with Gasteiger partial charge in [0, 0.05) is 30.5 Å². The quantitative estimate of drug-likeness (QED) is 0.863. The molecule has 2 rings (SSSR count). The maximum Gasteiger partial charge on any atom is 0.225 e. The van der Waals surface area contributed by atoms with Crippen molar-refractivity contribution in [1.82, 2.24) is 10.2 Å². The van der Waals surface area contributed by atoms with Crippen molar-refractivity contribution in [2.45, 2.75) is 71.3 Å². The summed E-state index contributed by atoms with van der Waals surface area (Å²) in [5.41, 5.74) is -0.201. The fourth-order valence-electron chi connectivity index (χ4n) is 3.34. The Morgan fingerprint density at radius 1 is 1.10 bits per heavy atom. The number of rotatable bonds is 3. The van der Waals surface area contributed by atoms with Crippen LogP contribution >= 0.6 is 0 Å². The van der Waals surface area contributed by atoms with Crippen LogP contribution in [0, 0.1) is 5.41 Å². The van der Waals surface area contributed by atoms with Crippen LogP contribution in [0.5, 0.6) is 0 Å². The van der Waals surface area contributed by atoms with Crippen molar-refractivity contribution in [3.05, 3.63) is 0 Å². The average Bonchev–Trinajstić information content (AvgIpc) is 2.37. The molecule has 0 aromatic carbocycles. The zero-order chi connectivity index (χ0) is 14.8. The van der Waals surface area contributed by atoms with Gasteiger partial charge >= 0.3 is 0 Å². The van der Waals surface area contributed by atoms with Crippen LogP contribution in [0.4, 0.5) is 0 Å². The summed E-state index contributed by atoms with van der Waals surface area (Å²) >= 11 is 0. The molecule has 0 bridgehead atoms. The normalized spacial score (nSPS) is 21.4. The van der Waals surface area contributed by atoms with Gasteiger partial charge in [0.1, 0.15) is 0 Å². The van der Waals surface area contributed by atoms with E-state index in [1.165, 1.54) is 38.5 Å². The number of amides is 2. The molecule has 1 aliphatic carbocycles. The van der Waals surface area contributed by atoms with Crippen LogP contribution in [-0.2, 0) is 9.59 Å². The number of carbonyl (C=O) groups is 2. The van der Waals surface area contributed by atoms with E-state index < -0.39 is 0 Å². The third kappa shape index (κ3) is 3.15. The number of hydrogen-bond donors (Lipinski definition) is 1. The van der Waals surface area contributed by atoms with E-state index in [0.29, 0.717) is 13.0 Å². The van der Waals surface area contributed by atoms with Crippen LogP contribution < -0.4 is 5.32 Å². The van der Waals surface area contributed by atoms with Gasteiger partial charge in [-0.25, -0.2) is 0 Å². The number of nitrogens with one attached hydrogen (secondary N) is 1. The highest BCUT2D eigenvalue weighted by atomic mass is 16.2. The van der Waals surface area contributed by atoms with Crippen molar-refractivity contribution in [3.63, 3.8) is 0 Å². The largest absolute Gasteiger partial charge is 0.355 e. The van der Waals surface area contributed by atoms with Gasteiger partial charge in [0.15, 0.2) is 0 Å². The minimum absolute atomic E-state index is 0.0151. The van der Waals surface area contributed by atoms with E-state index in [2.05, 4.69) is 10.2 Å². The van der Waals surface area contributed by atoms with E-state index in [1.54, 1.807) is 0 Å². The van der Waals surface area contributed by atoms with Crippen molar-refractivity contribution in [3.8, 4) is 0 Å². The highest BCUT2D eigenvalue weighted by Crippen LogP contribution is 2.43. The van der Waals surface area contributed by atoms with Gasteiger partial charge < -0.3 is 10.2 Å². The standard InChI is InChI=1S/C16H28N2O2/c1-15(2,3)14(20)17-11-7-13(19)18-12-10-16(18)8-5-4-6-9-16/h4-12H2,1-3H3,(H,17,20). The second-order valence-corrected chi connectivity index (χ2v) is 7.34. The molecule has 0 radical (unpaired) electrons. The number of likely N-dealkylation sites (tertiary alicyclic amines) is 1. The summed E-state index contributed by atoms with van der Waals surface area (Å²) in [5.74, 6) is 0.230. The highest BCUT2D eigenvalue weighted by Gasteiger charge is 2.46. The first-order valence-corrected chi connectivity index (χ1v) is 7.94. The number of hydrogen-bond acceptors (Lipinski definition) is 2. The van der Waals surface area contributed by atoms with E-state index in [4.69, 9.17) is 0 Å². The molecule has 0 unspecified atom stereocenters. The Kier molecular flexibility index (Phi) is 4.40. The molecule has 0 aromatic heterocycles. The predicted molar refractivity (Wildman–Crippen MR) is 79.2 cm³/mol. The van der Waals surface area contributed by atoms with E-state index >= 15 is 0 Å². The molecular weight excluding hydrogens is 252 g/mol. The minimum Gasteiger partial charge on any atom is -0.355 e. The monoisotopic (exact) mass is 280 g/mol. The molecule has 0 atom stereocenters. The zero-order valence-electron chi connectivity index (χ0n) is 13.1. The molecule has 1 saturated carbocycles. The van der Waals surface area contributed by atoms with Crippen molar-refractivity contribution in [2.24, 2.45) is 5.41 Å². The Morgan fingerprint density at radius 3 is 2.25 bits per heavy atom. The van der Waals surface area contributed by atoms with Gasteiger partial charge in [-0.05, 0) is 19.3 Å². The van der Waals surface area contributed by atoms with Gasteiger partial charge in [-0.15, -0.1) is 0 Å². The fraction of sp³-hybridized carbons (Fsp3) is 0.875. The molecule has 1 saturated heterocycles. The Labute approximate surface area is 122 Å². The van der Waals surface area contributed by atoms with E-state index in [-0.39, 0.29) is 22.8 Å². The summed E-state index contributed by atoms with van der Waals surface area (Å²) in [5, 5.41) is 2.86. The molecule has 0 aromatic rings. The highest BCUT2D eigenvalue weighted by molar-refractivity contribution is 5.82. The fourth-order valence-corrected chi connectivity index (χ4v) is 3.34. The lowest BCUT2D eigenvalue weighted by atomic mass is 9.72. The Hall–Kier alpha value is -1.06. The van der Waals surface area contributed by atoms with Crippen LogP contribution in [0.15, 0.2) is 0 Å². The first-order valence-electron chi connectivity index (χ1n) is 7.94. The van der Waals surface area contributed by atoms with Gasteiger partial charge in [-0.2, -0.15) is 0 Å². The van der Waals surface area contributed by atoms with E-state index in [0.717, 1.165) is 6.54 Å². The summed E-state index contributed by atoms with van der Waals surface area (Å²) in [6.45, 7) is 7.03. The summed E-state index contributed by atoms with van der Waals surface area (Å²) in [4.78, 5) is 26.1. The topological polar surface area (TPSA) is 49.4 Å². The predicted octanol–water partition coefficient (Wildman–Crippen LogP) is 2.47. The molecule has 2 aliphatic rings. The maximum atomic E-state index is 12.3. The van der Waals surface area contributed by atoms with Gasteiger partial charge in [0.2, 0.25) is 11.8 Å². The average molecular weight is 280 g/mol. The molecule has 20 heavy (non-hydrogen) atoms. The van der Waals surface area contributed by atoms with Gasteiger partial charge in [-0.3, -0.25) is 9.59 Å². The first-order chi connectivity index (χ1) is 9.35. The van der Waals surface area contributed by atoms with Crippen LogP contribution in [0.2, 0.25) is 0 Å². The Balaban J connectivity index is 1.77. The molecule has 4 heteroatoms. The third-order valence-corrected chi connectivity index (χ3v) is 4.76. The third-order valence-electron chi connectivity index (χ3n) is 4.76. The lowest BCUT2D eigenvalue weighted by Gasteiger charge is -2.55. The summed E-state index contributed by atoms with van der Waals surface area (Å²) < 4.78 is 0. The van der Waals surface area contributed by atoms with E-state index in [1.807, 2.05) is 20.8 Å². The Morgan fingerprint density at radius 2 is 1.75 bits per heavy atom. The van der Waals surface area contributed by atoms with E-state index in [9.17, 15) is 9.59 Å². The summed E-state index contributed by atoms with van der Waals surface area (Å²) in [6.07, 6.45) is 7.78. The van der Waals surface area contributed by atoms with Crippen molar-refractivity contribution in [1.29, 1.82) is 0 Å².